The summed E-state index contributed by atoms with van der Waals surface area (Å²) in [6, 6.07) is 9.10. The number of benzene rings is 1. The van der Waals surface area contributed by atoms with Crippen LogP contribution in [-0.4, -0.2) is 24.8 Å². The summed E-state index contributed by atoms with van der Waals surface area (Å²) in [5.41, 5.74) is 3.56. The molecule has 0 aliphatic carbocycles. The van der Waals surface area contributed by atoms with E-state index in [9.17, 15) is 18.0 Å². The maximum absolute atomic E-state index is 13.5. The molecule has 6 nitrogen and oxygen atoms in total. The molecule has 116 valence electrons. The third-order valence-corrected chi connectivity index (χ3v) is 3.19. The number of nitriles is 1. The summed E-state index contributed by atoms with van der Waals surface area (Å²) in [6.07, 6.45) is -5.13. The number of esters is 1. The van der Waals surface area contributed by atoms with Crippen molar-refractivity contribution >= 4 is 11.7 Å². The molecule has 1 heterocycles. The smallest absolute Gasteiger partial charge is 0.424 e. The highest BCUT2D eigenvalue weighted by Crippen LogP contribution is 2.42. The number of hydrogen-bond acceptors (Lipinski definition) is 6. The van der Waals surface area contributed by atoms with Crippen molar-refractivity contribution in [2.45, 2.75) is 11.7 Å². The molecule has 0 saturated carbocycles. The third-order valence-electron chi connectivity index (χ3n) is 3.19. The number of rotatable bonds is 2. The molecular weight excluding hydrogens is 301 g/mol. The fraction of sp³-hybridized carbons (Fsp3) is 0.231. The topological polar surface area (TPSA) is 91.4 Å². The predicted octanol–water partition coefficient (Wildman–Crippen LogP) is 1.18. The summed E-state index contributed by atoms with van der Waals surface area (Å²) in [7, 11) is 0.799. The largest absolute Gasteiger partial charge is 0.467 e. The number of nitrogens with zero attached hydrogens (tertiary/aromatic N) is 2. The molecule has 0 amide bonds. The van der Waals surface area contributed by atoms with Crippen molar-refractivity contribution in [2.24, 2.45) is 5.73 Å². The Hall–Kier alpha value is -2.73. The molecule has 0 fully saturated rings. The van der Waals surface area contributed by atoms with Gasteiger partial charge in [-0.05, 0) is 12.1 Å². The lowest BCUT2D eigenvalue weighted by Gasteiger charge is -2.31. The molecule has 1 aromatic carbocycles. The lowest BCUT2D eigenvalue weighted by molar-refractivity contribution is -0.200. The highest BCUT2D eigenvalue weighted by Gasteiger charge is 2.69. The summed E-state index contributed by atoms with van der Waals surface area (Å²) in [4.78, 5) is 11.8. The highest BCUT2D eigenvalue weighted by atomic mass is 19.4. The van der Waals surface area contributed by atoms with Crippen LogP contribution in [0.4, 0.5) is 18.9 Å². The van der Waals surface area contributed by atoms with E-state index in [0.717, 1.165) is 12.1 Å². The highest BCUT2D eigenvalue weighted by molar-refractivity contribution is 5.90. The number of halogens is 3. The van der Waals surface area contributed by atoms with E-state index in [-0.39, 0.29) is 5.69 Å². The Bertz CT molecular complexity index is 666. The first-order chi connectivity index (χ1) is 10.3. The fourth-order valence-corrected chi connectivity index (χ4v) is 2.13. The van der Waals surface area contributed by atoms with Crippen molar-refractivity contribution in [3.05, 3.63) is 41.7 Å². The van der Waals surface area contributed by atoms with Gasteiger partial charge in [0, 0.05) is 0 Å². The van der Waals surface area contributed by atoms with Crippen LogP contribution in [0.25, 0.3) is 0 Å². The van der Waals surface area contributed by atoms with E-state index in [4.69, 9.17) is 11.0 Å². The van der Waals surface area contributed by atoms with Gasteiger partial charge >= 0.3 is 12.1 Å². The van der Waals surface area contributed by atoms with Crippen LogP contribution in [-0.2, 0) is 9.53 Å². The van der Waals surface area contributed by atoms with Gasteiger partial charge in [-0.25, -0.2) is 4.79 Å². The van der Waals surface area contributed by atoms with Gasteiger partial charge in [0.05, 0.1) is 12.8 Å². The van der Waals surface area contributed by atoms with Gasteiger partial charge in [-0.2, -0.15) is 23.9 Å². The van der Waals surface area contributed by atoms with Gasteiger partial charge in [0.15, 0.2) is 0 Å². The molecule has 0 radical (unpaired) electrons. The number of anilines is 1. The Morgan fingerprint density at radius 2 is 2.00 bits per heavy atom. The molecule has 0 spiro atoms. The second-order valence-electron chi connectivity index (χ2n) is 4.39. The van der Waals surface area contributed by atoms with E-state index in [1.165, 1.54) is 18.2 Å². The average molecular weight is 312 g/mol. The Balaban J connectivity index is 2.64. The van der Waals surface area contributed by atoms with Crippen molar-refractivity contribution in [1.82, 2.24) is 5.43 Å². The normalized spacial score (nSPS) is 21.7. The van der Waals surface area contributed by atoms with Gasteiger partial charge < -0.3 is 10.5 Å². The van der Waals surface area contributed by atoms with Crippen LogP contribution in [0.15, 0.2) is 41.7 Å². The molecule has 0 saturated heterocycles. The van der Waals surface area contributed by atoms with Gasteiger partial charge in [0.1, 0.15) is 17.5 Å². The zero-order valence-corrected chi connectivity index (χ0v) is 11.3. The van der Waals surface area contributed by atoms with Gasteiger partial charge in [-0.1, -0.05) is 18.2 Å². The zero-order chi connectivity index (χ0) is 16.5. The van der Waals surface area contributed by atoms with Crippen molar-refractivity contribution in [2.75, 3.05) is 12.1 Å². The molecule has 3 N–H and O–H groups in total. The van der Waals surface area contributed by atoms with E-state index in [1.54, 1.807) is 18.2 Å². The van der Waals surface area contributed by atoms with E-state index in [1.807, 2.05) is 5.43 Å². The molecule has 1 aromatic rings. The van der Waals surface area contributed by atoms with Gasteiger partial charge in [0.25, 0.3) is 5.54 Å². The Morgan fingerprint density at radius 1 is 1.41 bits per heavy atom. The monoisotopic (exact) mass is 312 g/mol. The first kappa shape index (κ1) is 15.7. The second kappa shape index (κ2) is 5.23. The predicted molar refractivity (Wildman–Crippen MR) is 69.7 cm³/mol. The lowest BCUT2D eigenvalue weighted by atomic mass is 9.91. The zero-order valence-electron chi connectivity index (χ0n) is 11.3. The SMILES string of the molecule is COC(=O)C1(C(F)(F)F)NN(c2ccccc2)C(N)=C1C#N. The molecule has 9 heteroatoms. The standard InChI is InChI=1S/C13H11F3N4O2/c1-22-11(21)12(13(14,15)16)9(7-17)10(18)20(19-12)8-5-3-2-4-6-8/h2-6,19H,18H2,1H3. The summed E-state index contributed by atoms with van der Waals surface area (Å²) >= 11 is 0. The number of nitrogens with one attached hydrogen (secondary N) is 1. The van der Waals surface area contributed by atoms with Crippen molar-refractivity contribution in [3.63, 3.8) is 0 Å². The van der Waals surface area contributed by atoms with Gasteiger partial charge in [-0.3, -0.25) is 5.01 Å². The van der Waals surface area contributed by atoms with Crippen LogP contribution in [0.5, 0.6) is 0 Å². The first-order valence-electron chi connectivity index (χ1n) is 5.98. The van der Waals surface area contributed by atoms with E-state index in [2.05, 4.69) is 4.74 Å². The lowest BCUT2D eigenvalue weighted by Crippen LogP contribution is -2.64. The number of methoxy groups -OCH3 is 1. The van der Waals surface area contributed by atoms with E-state index in [0.29, 0.717) is 0 Å². The maximum atomic E-state index is 13.5. The number of ether oxygens (including phenoxy) is 1. The number of carbonyl (C=O) groups excluding carboxylic acids is 1. The minimum Gasteiger partial charge on any atom is -0.467 e. The van der Waals surface area contributed by atoms with Crippen LogP contribution in [0.2, 0.25) is 0 Å². The molecule has 1 aliphatic rings. The maximum Gasteiger partial charge on any atom is 0.424 e. The number of para-hydroxylation sites is 1. The first-order valence-corrected chi connectivity index (χ1v) is 5.98. The van der Waals surface area contributed by atoms with E-state index >= 15 is 0 Å². The molecule has 1 aliphatic heterocycles. The summed E-state index contributed by atoms with van der Waals surface area (Å²) in [6.45, 7) is 0. The van der Waals surface area contributed by atoms with Crippen LogP contribution >= 0.6 is 0 Å². The minimum atomic E-state index is -5.13. The minimum absolute atomic E-state index is 0.239. The molecule has 2 rings (SSSR count). The summed E-state index contributed by atoms with van der Waals surface area (Å²) < 4.78 is 44.8. The molecular formula is C13H11F3N4O2. The number of nitrogens with two attached hydrogens (primary N) is 1. The van der Waals surface area contributed by atoms with Crippen molar-refractivity contribution in [1.29, 1.82) is 5.26 Å². The van der Waals surface area contributed by atoms with E-state index < -0.39 is 29.1 Å². The molecule has 22 heavy (non-hydrogen) atoms. The summed E-state index contributed by atoms with van der Waals surface area (Å²) in [5.74, 6) is -2.19. The third kappa shape index (κ3) is 2.05. The number of alkyl halides is 3. The van der Waals surface area contributed by atoms with Crippen LogP contribution in [0.1, 0.15) is 0 Å². The van der Waals surface area contributed by atoms with Crippen LogP contribution in [0.3, 0.4) is 0 Å². The molecule has 1 unspecified atom stereocenters. The Morgan fingerprint density at radius 3 is 2.45 bits per heavy atom. The molecule has 0 bridgehead atoms. The molecule has 0 aromatic heterocycles. The number of carbonyl (C=O) groups is 1. The second-order valence-corrected chi connectivity index (χ2v) is 4.39. The quantitative estimate of drug-likeness (QED) is 0.797. The summed E-state index contributed by atoms with van der Waals surface area (Å²) in [5, 5.41) is 9.92. The molecule has 1 atom stereocenters. The number of hydrazine groups is 1. The van der Waals surface area contributed by atoms with Crippen LogP contribution < -0.4 is 16.2 Å². The fourth-order valence-electron chi connectivity index (χ4n) is 2.13. The van der Waals surface area contributed by atoms with Crippen molar-refractivity contribution in [3.8, 4) is 6.07 Å². The van der Waals surface area contributed by atoms with Gasteiger partial charge in [0.2, 0.25) is 0 Å². The van der Waals surface area contributed by atoms with Crippen LogP contribution in [0, 0.1) is 11.3 Å². The van der Waals surface area contributed by atoms with Gasteiger partial charge in [-0.15, -0.1) is 0 Å². The number of hydrogen-bond donors (Lipinski definition) is 2. The van der Waals surface area contributed by atoms with Crippen molar-refractivity contribution < 1.29 is 22.7 Å². The average Bonchev–Trinajstić information content (AvgIpc) is 2.80. The Labute approximate surface area is 123 Å². The Kier molecular flexibility index (Phi) is 3.72.